The maximum atomic E-state index is 13.1. The second-order valence-corrected chi connectivity index (χ2v) is 9.91. The van der Waals surface area contributed by atoms with E-state index in [1.165, 1.54) is 15.6 Å². The Morgan fingerprint density at radius 3 is 2.72 bits per heavy atom. The number of rotatable bonds is 3. The Balaban J connectivity index is 1.63. The molecule has 0 N–H and O–H groups in total. The number of carbonyl (C=O) groups excluding carboxylic acids is 1. The Bertz CT molecular complexity index is 920. The molecule has 7 heteroatoms. The maximum absolute atomic E-state index is 13.1. The van der Waals surface area contributed by atoms with Crippen molar-refractivity contribution < 1.29 is 13.2 Å². The van der Waals surface area contributed by atoms with E-state index < -0.39 is 16.1 Å². The van der Waals surface area contributed by atoms with E-state index in [2.05, 4.69) is 0 Å². The van der Waals surface area contributed by atoms with Gasteiger partial charge in [-0.25, -0.2) is 8.42 Å². The number of aryl methyl sites for hydroxylation is 1. The highest BCUT2D eigenvalue weighted by Gasteiger charge is 2.42. The first-order valence-electron chi connectivity index (χ1n) is 8.46. The fourth-order valence-corrected chi connectivity index (χ4v) is 6.75. The van der Waals surface area contributed by atoms with Gasteiger partial charge in [0.2, 0.25) is 5.91 Å². The zero-order chi connectivity index (χ0) is 17.6. The molecule has 5 nitrogen and oxygen atoms in total. The number of carbonyl (C=O) groups is 1. The van der Waals surface area contributed by atoms with Crippen molar-refractivity contribution in [2.24, 2.45) is 0 Å². The molecule has 1 amide bonds. The number of fused-ring (bicyclic) bond motifs is 1. The Kier molecular flexibility index (Phi) is 4.17. The molecule has 1 aromatic heterocycles. The molecule has 0 aliphatic carbocycles. The molecule has 2 aliphatic heterocycles. The molecule has 4 rings (SSSR count). The van der Waals surface area contributed by atoms with Crippen LogP contribution in [-0.2, 0) is 21.2 Å². The van der Waals surface area contributed by atoms with E-state index in [4.69, 9.17) is 0 Å². The first kappa shape index (κ1) is 16.8. The second kappa shape index (κ2) is 6.23. The molecule has 1 fully saturated rings. The molecule has 0 radical (unpaired) electrons. The quantitative estimate of drug-likeness (QED) is 0.828. The Hall–Kier alpha value is -1.70. The number of nitrogens with zero attached hydrogens (tertiary/aromatic N) is 2. The lowest BCUT2D eigenvalue weighted by Crippen LogP contribution is -2.47. The summed E-state index contributed by atoms with van der Waals surface area (Å²) in [5.74, 6) is -0.0979. The highest BCUT2D eigenvalue weighted by molar-refractivity contribution is 7.91. The minimum absolute atomic E-state index is 0.0979. The summed E-state index contributed by atoms with van der Waals surface area (Å²) in [5, 5.41) is 0. The molecule has 0 bridgehead atoms. The molecule has 3 heterocycles. The lowest BCUT2D eigenvalue weighted by Gasteiger charge is -2.27. The van der Waals surface area contributed by atoms with Crippen molar-refractivity contribution in [3.05, 3.63) is 46.8 Å². The van der Waals surface area contributed by atoms with Crippen LogP contribution in [0.5, 0.6) is 0 Å². The predicted molar refractivity (Wildman–Crippen MR) is 98.5 cm³/mol. The third kappa shape index (κ3) is 2.80. The Labute approximate surface area is 151 Å². The van der Waals surface area contributed by atoms with Crippen LogP contribution in [0.3, 0.4) is 0 Å². The third-order valence-electron chi connectivity index (χ3n) is 4.92. The molecule has 2 aliphatic rings. The summed E-state index contributed by atoms with van der Waals surface area (Å²) < 4.78 is 27.7. The zero-order valence-corrected chi connectivity index (χ0v) is 15.6. The molecule has 0 spiro atoms. The zero-order valence-electron chi connectivity index (χ0n) is 14.0. The first-order valence-corrected chi connectivity index (χ1v) is 10.7. The molecule has 1 saturated heterocycles. The molecule has 0 saturated carbocycles. The minimum atomic E-state index is -3.61. The van der Waals surface area contributed by atoms with E-state index in [0.29, 0.717) is 23.7 Å². The average molecular weight is 377 g/mol. The first-order chi connectivity index (χ1) is 12.0. The summed E-state index contributed by atoms with van der Waals surface area (Å²) in [6.07, 6.45) is 2.13. The molecular weight excluding hydrogens is 356 g/mol. The fraction of sp³-hybridized carbons (Fsp3) is 0.389. The molecular formula is C18H20N2O3S2. The summed E-state index contributed by atoms with van der Waals surface area (Å²) in [6.45, 7) is 2.92. The summed E-state index contributed by atoms with van der Waals surface area (Å²) in [5.41, 5.74) is 2.07. The molecule has 25 heavy (non-hydrogen) atoms. The number of amides is 1. The van der Waals surface area contributed by atoms with Crippen molar-refractivity contribution in [2.75, 3.05) is 18.0 Å². The van der Waals surface area contributed by atoms with Crippen molar-refractivity contribution >= 4 is 33.0 Å². The van der Waals surface area contributed by atoms with E-state index in [-0.39, 0.29) is 5.91 Å². The van der Waals surface area contributed by atoms with Crippen LogP contribution in [0.4, 0.5) is 5.69 Å². The maximum Gasteiger partial charge on any atom is 0.253 e. The van der Waals surface area contributed by atoms with Gasteiger partial charge in [-0.15, -0.1) is 11.3 Å². The molecule has 132 valence electrons. The van der Waals surface area contributed by atoms with Crippen molar-refractivity contribution in [3.8, 4) is 0 Å². The lowest BCUT2D eigenvalue weighted by molar-refractivity contribution is -0.121. The third-order valence-corrected chi connectivity index (χ3v) is 8.30. The van der Waals surface area contributed by atoms with Crippen LogP contribution in [0.1, 0.15) is 23.3 Å². The van der Waals surface area contributed by atoms with Crippen LogP contribution in [0.25, 0.3) is 0 Å². The van der Waals surface area contributed by atoms with E-state index in [9.17, 15) is 13.2 Å². The average Bonchev–Trinajstić information content (AvgIpc) is 3.33. The van der Waals surface area contributed by atoms with Crippen molar-refractivity contribution in [1.82, 2.24) is 4.31 Å². The topological polar surface area (TPSA) is 57.7 Å². The van der Waals surface area contributed by atoms with E-state index in [1.54, 1.807) is 17.0 Å². The van der Waals surface area contributed by atoms with E-state index in [0.717, 1.165) is 29.0 Å². The molecule has 1 unspecified atom stereocenters. The number of hydrogen-bond acceptors (Lipinski definition) is 4. The van der Waals surface area contributed by atoms with Gasteiger partial charge in [-0.3, -0.25) is 4.79 Å². The smallest absolute Gasteiger partial charge is 0.253 e. The van der Waals surface area contributed by atoms with Gasteiger partial charge < -0.3 is 4.90 Å². The normalized spacial score (nSPS) is 20.8. The van der Waals surface area contributed by atoms with Gasteiger partial charge >= 0.3 is 0 Å². The monoisotopic (exact) mass is 376 g/mol. The van der Waals surface area contributed by atoms with Gasteiger partial charge in [0.1, 0.15) is 10.3 Å². The SMILES string of the molecule is Cc1ccc(S(=O)(=O)N2CCCC2C(=O)N2CCc3ccccc32)s1. The largest absolute Gasteiger partial charge is 0.310 e. The van der Waals surface area contributed by atoms with Gasteiger partial charge in [-0.2, -0.15) is 4.31 Å². The number of thiophene rings is 1. The van der Waals surface area contributed by atoms with Gasteiger partial charge in [-0.05, 0) is 49.9 Å². The summed E-state index contributed by atoms with van der Waals surface area (Å²) in [7, 11) is -3.61. The number of benzene rings is 1. The Morgan fingerprint density at radius 1 is 1.16 bits per heavy atom. The number of hydrogen-bond donors (Lipinski definition) is 0. The molecule has 2 aromatic rings. The summed E-state index contributed by atoms with van der Waals surface area (Å²) >= 11 is 1.26. The standard InChI is InChI=1S/C18H20N2O3S2/c1-13-8-9-17(24-13)25(22,23)20-11-4-7-16(20)18(21)19-12-10-14-5-2-3-6-15(14)19/h2-3,5-6,8-9,16H,4,7,10-12H2,1H3. The fourth-order valence-electron chi connectivity index (χ4n) is 3.69. The summed E-state index contributed by atoms with van der Waals surface area (Å²) in [6, 6.07) is 10.7. The van der Waals surface area contributed by atoms with Gasteiger partial charge in [0.25, 0.3) is 10.0 Å². The van der Waals surface area contributed by atoms with Gasteiger partial charge in [0, 0.05) is 23.7 Å². The number of anilines is 1. The van der Waals surface area contributed by atoms with Crippen molar-refractivity contribution in [1.29, 1.82) is 0 Å². The van der Waals surface area contributed by atoms with Crippen LogP contribution in [0.15, 0.2) is 40.6 Å². The van der Waals surface area contributed by atoms with Crippen molar-refractivity contribution in [3.63, 3.8) is 0 Å². The van der Waals surface area contributed by atoms with Gasteiger partial charge in [-0.1, -0.05) is 18.2 Å². The molecule has 1 aromatic carbocycles. The molecule has 1 atom stereocenters. The Morgan fingerprint density at radius 2 is 1.96 bits per heavy atom. The van der Waals surface area contributed by atoms with E-state index in [1.807, 2.05) is 31.2 Å². The van der Waals surface area contributed by atoms with Crippen molar-refractivity contribution in [2.45, 2.75) is 36.4 Å². The van der Waals surface area contributed by atoms with Gasteiger partial charge in [0.05, 0.1) is 0 Å². The second-order valence-electron chi connectivity index (χ2n) is 6.51. The highest BCUT2D eigenvalue weighted by atomic mass is 32.2. The predicted octanol–water partition coefficient (Wildman–Crippen LogP) is 2.80. The van der Waals surface area contributed by atoms with Crippen LogP contribution >= 0.6 is 11.3 Å². The van der Waals surface area contributed by atoms with Gasteiger partial charge in [0.15, 0.2) is 0 Å². The van der Waals surface area contributed by atoms with Crippen LogP contribution < -0.4 is 4.90 Å². The van der Waals surface area contributed by atoms with E-state index >= 15 is 0 Å². The summed E-state index contributed by atoms with van der Waals surface area (Å²) in [4.78, 5) is 15.8. The van der Waals surface area contributed by atoms with Crippen LogP contribution in [-0.4, -0.2) is 37.8 Å². The highest BCUT2D eigenvalue weighted by Crippen LogP contribution is 2.34. The minimum Gasteiger partial charge on any atom is -0.310 e. The number of sulfonamides is 1. The van der Waals surface area contributed by atoms with Crippen LogP contribution in [0, 0.1) is 6.92 Å². The van der Waals surface area contributed by atoms with Crippen LogP contribution in [0.2, 0.25) is 0 Å². The lowest BCUT2D eigenvalue weighted by atomic mass is 10.1. The number of para-hydroxylation sites is 1.